The second-order valence-electron chi connectivity index (χ2n) is 6.10. The maximum absolute atomic E-state index is 12.6. The lowest BCUT2D eigenvalue weighted by Crippen LogP contribution is -2.45. The number of piperidine rings is 1. The molecule has 2 fully saturated rings. The molecule has 1 N–H and O–H groups in total. The molecule has 2 saturated heterocycles. The number of morpholine rings is 1. The molecule has 5 heteroatoms. The van der Waals surface area contributed by atoms with Gasteiger partial charge in [0.15, 0.2) is 0 Å². The highest BCUT2D eigenvalue weighted by molar-refractivity contribution is 5.97. The maximum atomic E-state index is 12.6. The van der Waals surface area contributed by atoms with Crippen LogP contribution in [0.15, 0.2) is 24.3 Å². The fourth-order valence-electron chi connectivity index (χ4n) is 3.28. The molecule has 0 spiro atoms. The third kappa shape index (κ3) is 3.42. The molecule has 1 atom stereocenters. The highest BCUT2D eigenvalue weighted by atomic mass is 16.5. The molecule has 5 nitrogen and oxygen atoms in total. The zero-order valence-electron chi connectivity index (χ0n) is 13.3. The number of ether oxygens (including phenoxy) is 1. The van der Waals surface area contributed by atoms with Gasteiger partial charge >= 0.3 is 0 Å². The van der Waals surface area contributed by atoms with Crippen molar-refractivity contribution >= 4 is 17.3 Å². The Balaban J connectivity index is 1.72. The number of benzene rings is 1. The Bertz CT molecular complexity index is 514. The van der Waals surface area contributed by atoms with Gasteiger partial charge in [0, 0.05) is 13.1 Å². The number of likely N-dealkylation sites (tertiary alicyclic amines) is 1. The van der Waals surface area contributed by atoms with Gasteiger partial charge in [0.25, 0.3) is 0 Å². The molecule has 2 aliphatic rings. The van der Waals surface area contributed by atoms with Gasteiger partial charge < -0.3 is 15.0 Å². The van der Waals surface area contributed by atoms with Crippen LogP contribution in [-0.2, 0) is 9.53 Å². The Morgan fingerprint density at radius 1 is 1.18 bits per heavy atom. The fraction of sp³-hybridized carbons (Fsp3) is 0.588. The van der Waals surface area contributed by atoms with Crippen LogP contribution < -0.4 is 10.2 Å². The Morgan fingerprint density at radius 3 is 2.73 bits per heavy atom. The van der Waals surface area contributed by atoms with Crippen molar-refractivity contribution in [2.24, 2.45) is 0 Å². The first kappa shape index (κ1) is 15.3. The van der Waals surface area contributed by atoms with Gasteiger partial charge in [-0.3, -0.25) is 9.69 Å². The van der Waals surface area contributed by atoms with E-state index in [9.17, 15) is 4.79 Å². The van der Waals surface area contributed by atoms with Gasteiger partial charge in [-0.2, -0.15) is 0 Å². The average Bonchev–Trinajstić information content (AvgIpc) is 2.56. The van der Waals surface area contributed by atoms with Crippen LogP contribution in [0.25, 0.3) is 0 Å². The van der Waals surface area contributed by atoms with Crippen LogP contribution in [0.2, 0.25) is 0 Å². The molecule has 0 aromatic heterocycles. The molecule has 1 amide bonds. The summed E-state index contributed by atoms with van der Waals surface area (Å²) in [5.41, 5.74) is 2.01. The summed E-state index contributed by atoms with van der Waals surface area (Å²) < 4.78 is 5.42. The Kier molecular flexibility index (Phi) is 4.95. The number of carbonyl (C=O) groups is 1. The minimum atomic E-state index is -0.00787. The van der Waals surface area contributed by atoms with Crippen molar-refractivity contribution in [2.45, 2.75) is 25.3 Å². The van der Waals surface area contributed by atoms with E-state index in [1.165, 1.54) is 6.42 Å². The molecule has 1 aromatic carbocycles. The van der Waals surface area contributed by atoms with Gasteiger partial charge in [0.1, 0.15) is 0 Å². The number of amides is 1. The topological polar surface area (TPSA) is 44.8 Å². The highest BCUT2D eigenvalue weighted by Crippen LogP contribution is 2.27. The van der Waals surface area contributed by atoms with Gasteiger partial charge in [-0.05, 0) is 38.6 Å². The first-order chi connectivity index (χ1) is 10.8. The molecule has 1 aromatic rings. The second kappa shape index (κ2) is 7.11. The van der Waals surface area contributed by atoms with Gasteiger partial charge in [-0.25, -0.2) is 0 Å². The van der Waals surface area contributed by atoms with E-state index in [-0.39, 0.29) is 11.9 Å². The van der Waals surface area contributed by atoms with Crippen molar-refractivity contribution < 1.29 is 9.53 Å². The molecule has 2 heterocycles. The summed E-state index contributed by atoms with van der Waals surface area (Å²) in [5.74, 6) is 0.114. The average molecular weight is 303 g/mol. The summed E-state index contributed by atoms with van der Waals surface area (Å²) in [4.78, 5) is 17.1. The first-order valence-electron chi connectivity index (χ1n) is 8.18. The number of anilines is 2. The zero-order valence-corrected chi connectivity index (χ0v) is 13.3. The van der Waals surface area contributed by atoms with Crippen LogP contribution in [0.3, 0.4) is 0 Å². The van der Waals surface area contributed by atoms with E-state index in [0.29, 0.717) is 0 Å². The molecule has 120 valence electrons. The number of para-hydroxylation sites is 2. The maximum Gasteiger partial charge on any atom is 0.241 e. The van der Waals surface area contributed by atoms with E-state index in [1.807, 2.05) is 25.2 Å². The largest absolute Gasteiger partial charge is 0.378 e. The zero-order chi connectivity index (χ0) is 15.4. The first-order valence-corrected chi connectivity index (χ1v) is 8.18. The van der Waals surface area contributed by atoms with E-state index in [2.05, 4.69) is 21.2 Å². The van der Waals surface area contributed by atoms with Crippen LogP contribution in [0.1, 0.15) is 19.3 Å². The molecular formula is C17H25N3O2. The summed E-state index contributed by atoms with van der Waals surface area (Å²) in [6.45, 7) is 4.23. The van der Waals surface area contributed by atoms with E-state index in [0.717, 1.165) is 57.1 Å². The number of carbonyl (C=O) groups excluding carboxylic acids is 1. The monoisotopic (exact) mass is 303 g/mol. The van der Waals surface area contributed by atoms with Crippen LogP contribution in [0.5, 0.6) is 0 Å². The number of nitrogens with zero attached hydrogens (tertiary/aromatic N) is 2. The van der Waals surface area contributed by atoms with Gasteiger partial charge in [-0.1, -0.05) is 18.6 Å². The molecule has 2 aliphatic heterocycles. The van der Waals surface area contributed by atoms with Crippen molar-refractivity contribution in [2.75, 3.05) is 50.1 Å². The molecule has 0 radical (unpaired) electrons. The Morgan fingerprint density at radius 2 is 1.95 bits per heavy atom. The minimum Gasteiger partial charge on any atom is -0.378 e. The number of rotatable bonds is 3. The summed E-state index contributed by atoms with van der Waals surface area (Å²) in [5, 5.41) is 3.14. The molecule has 1 unspecified atom stereocenters. The van der Waals surface area contributed by atoms with Crippen molar-refractivity contribution in [1.29, 1.82) is 0 Å². The number of hydrogen-bond acceptors (Lipinski definition) is 4. The number of nitrogens with one attached hydrogen (secondary N) is 1. The third-order valence-electron chi connectivity index (χ3n) is 4.59. The van der Waals surface area contributed by atoms with E-state index in [1.54, 1.807) is 0 Å². The summed E-state index contributed by atoms with van der Waals surface area (Å²) in [7, 11) is 2.04. The SMILES string of the molecule is CN1CCCCC1C(=O)Nc1ccccc1N1CCOCC1. The van der Waals surface area contributed by atoms with Crippen molar-refractivity contribution in [3.05, 3.63) is 24.3 Å². The van der Waals surface area contributed by atoms with Crippen molar-refractivity contribution in [3.8, 4) is 0 Å². The molecule has 0 saturated carbocycles. The van der Waals surface area contributed by atoms with Gasteiger partial charge in [0.2, 0.25) is 5.91 Å². The smallest absolute Gasteiger partial charge is 0.241 e. The minimum absolute atomic E-state index is 0.00787. The predicted molar refractivity (Wildman–Crippen MR) is 88.4 cm³/mol. The van der Waals surface area contributed by atoms with E-state index in [4.69, 9.17) is 4.74 Å². The molecule has 22 heavy (non-hydrogen) atoms. The van der Waals surface area contributed by atoms with Crippen LogP contribution in [0, 0.1) is 0 Å². The normalized spacial score (nSPS) is 23.3. The standard InChI is InChI=1S/C17H25N3O2/c1-19-9-5-4-8-16(19)17(21)18-14-6-2-3-7-15(14)20-10-12-22-13-11-20/h2-3,6-7,16H,4-5,8-13H2,1H3,(H,18,21). The Labute approximate surface area is 132 Å². The van der Waals surface area contributed by atoms with E-state index >= 15 is 0 Å². The Hall–Kier alpha value is -1.59. The van der Waals surface area contributed by atoms with Crippen LogP contribution in [0.4, 0.5) is 11.4 Å². The van der Waals surface area contributed by atoms with Crippen LogP contribution >= 0.6 is 0 Å². The number of hydrogen-bond donors (Lipinski definition) is 1. The lowest BCUT2D eigenvalue weighted by molar-refractivity contribution is -0.121. The molecule has 0 bridgehead atoms. The summed E-state index contributed by atoms with van der Waals surface area (Å²) in [6.07, 6.45) is 3.26. The highest BCUT2D eigenvalue weighted by Gasteiger charge is 2.26. The lowest BCUT2D eigenvalue weighted by atomic mass is 10.0. The fourth-order valence-corrected chi connectivity index (χ4v) is 3.28. The molecule has 3 rings (SSSR count). The summed E-state index contributed by atoms with van der Waals surface area (Å²) >= 11 is 0. The van der Waals surface area contributed by atoms with Gasteiger partial charge in [0.05, 0.1) is 30.6 Å². The van der Waals surface area contributed by atoms with Gasteiger partial charge in [-0.15, -0.1) is 0 Å². The lowest BCUT2D eigenvalue weighted by Gasteiger charge is -2.33. The molecule has 0 aliphatic carbocycles. The molecular weight excluding hydrogens is 278 g/mol. The van der Waals surface area contributed by atoms with Crippen LogP contribution in [-0.4, -0.2) is 56.7 Å². The van der Waals surface area contributed by atoms with Crippen molar-refractivity contribution in [1.82, 2.24) is 4.90 Å². The number of likely N-dealkylation sites (N-methyl/N-ethyl adjacent to an activating group) is 1. The quantitative estimate of drug-likeness (QED) is 0.927. The second-order valence-corrected chi connectivity index (χ2v) is 6.10. The predicted octanol–water partition coefficient (Wildman–Crippen LogP) is 1.95. The third-order valence-corrected chi connectivity index (χ3v) is 4.59. The summed E-state index contributed by atoms with van der Waals surface area (Å²) in [6, 6.07) is 8.06. The van der Waals surface area contributed by atoms with Crippen molar-refractivity contribution in [3.63, 3.8) is 0 Å². The van der Waals surface area contributed by atoms with E-state index < -0.39 is 0 Å².